The topological polar surface area (TPSA) is 87.1 Å². The second-order valence-electron chi connectivity index (χ2n) is 5.91. The lowest BCUT2D eigenvalue weighted by Gasteiger charge is -2.34. The third-order valence-corrected chi connectivity index (χ3v) is 5.47. The summed E-state index contributed by atoms with van der Waals surface area (Å²) in [5.41, 5.74) is 0. The molecule has 5 heteroatoms. The van der Waals surface area contributed by atoms with E-state index in [9.17, 15) is 19.8 Å². The Morgan fingerprint density at radius 2 is 1.59 bits per heavy atom. The number of rotatable bonds is 2. The Hall–Kier alpha value is -1.10. The fourth-order valence-corrected chi connectivity index (χ4v) is 5.03. The summed E-state index contributed by atoms with van der Waals surface area (Å²) < 4.78 is 5.50. The van der Waals surface area contributed by atoms with Crippen LogP contribution in [0.3, 0.4) is 0 Å². The summed E-state index contributed by atoms with van der Waals surface area (Å²) in [6.07, 6.45) is 2.27. The Balaban J connectivity index is 1.72. The Kier molecular flexibility index (Phi) is 1.64. The molecule has 4 fully saturated rings. The van der Waals surface area contributed by atoms with E-state index in [-0.39, 0.29) is 17.9 Å². The monoisotopic (exact) mass is 238 g/mol. The van der Waals surface area contributed by atoms with Gasteiger partial charge in [0.25, 0.3) is 0 Å². The first-order valence-corrected chi connectivity index (χ1v) is 6.20. The molecule has 0 amide bonds. The van der Waals surface area contributed by atoms with Crippen molar-refractivity contribution in [2.75, 3.05) is 0 Å². The highest BCUT2D eigenvalue weighted by Gasteiger charge is 2.71. The lowest BCUT2D eigenvalue weighted by Crippen LogP contribution is -2.42. The van der Waals surface area contributed by atoms with Crippen molar-refractivity contribution in [3.63, 3.8) is 0 Å². The van der Waals surface area contributed by atoms with Gasteiger partial charge in [0.2, 0.25) is 0 Å². The van der Waals surface area contributed by atoms with Crippen LogP contribution < -0.4 is 0 Å². The number of ether oxygens (including phenoxy) is 1. The van der Waals surface area contributed by atoms with E-state index < -0.39 is 23.8 Å². The number of carboxylic acids is 2. The van der Waals surface area contributed by atoms with Crippen molar-refractivity contribution in [2.45, 2.75) is 25.0 Å². The smallest absolute Gasteiger partial charge is 0.307 e. The zero-order valence-electron chi connectivity index (χ0n) is 9.15. The van der Waals surface area contributed by atoms with Gasteiger partial charge in [-0.05, 0) is 36.5 Å². The van der Waals surface area contributed by atoms with Crippen LogP contribution in [0.5, 0.6) is 0 Å². The maximum atomic E-state index is 11.3. The molecule has 1 saturated heterocycles. The van der Waals surface area contributed by atoms with Crippen LogP contribution >= 0.6 is 0 Å². The van der Waals surface area contributed by atoms with E-state index in [2.05, 4.69) is 0 Å². The van der Waals surface area contributed by atoms with Crippen molar-refractivity contribution in [3.8, 4) is 0 Å². The molecule has 17 heavy (non-hydrogen) atoms. The van der Waals surface area contributed by atoms with Crippen molar-refractivity contribution in [1.82, 2.24) is 0 Å². The van der Waals surface area contributed by atoms with E-state index in [1.807, 2.05) is 0 Å². The molecule has 0 aromatic heterocycles. The lowest BCUT2D eigenvalue weighted by molar-refractivity contribution is -0.159. The Morgan fingerprint density at radius 3 is 2.24 bits per heavy atom. The van der Waals surface area contributed by atoms with E-state index in [1.54, 1.807) is 0 Å². The van der Waals surface area contributed by atoms with Crippen LogP contribution in [0.4, 0.5) is 0 Å². The van der Waals surface area contributed by atoms with Gasteiger partial charge in [-0.3, -0.25) is 9.59 Å². The second-order valence-corrected chi connectivity index (χ2v) is 5.91. The van der Waals surface area contributed by atoms with Gasteiger partial charge in [0.1, 0.15) is 0 Å². The first-order chi connectivity index (χ1) is 8.09. The van der Waals surface area contributed by atoms with Crippen LogP contribution in [-0.4, -0.2) is 34.4 Å². The van der Waals surface area contributed by atoms with Crippen LogP contribution in [0.25, 0.3) is 0 Å². The number of aliphatic carboxylic acids is 2. The standard InChI is InChI=1S/C12H14O5/c13-11(14)8-3-1-5(9(8)12(15)16)7-4(3)2-6-10(7)17-6/h3-10H,1-2H2,(H,13,14)(H,15,16)/t3?,4?,5?,6?,7?,8-,9+,10?/m0/s1. The maximum absolute atomic E-state index is 11.3. The quantitative estimate of drug-likeness (QED) is 0.682. The Labute approximate surface area is 97.8 Å². The fourth-order valence-electron chi connectivity index (χ4n) is 5.03. The van der Waals surface area contributed by atoms with Crippen LogP contribution in [-0.2, 0) is 14.3 Å². The number of hydrogen-bond acceptors (Lipinski definition) is 3. The van der Waals surface area contributed by atoms with Gasteiger partial charge in [-0.15, -0.1) is 0 Å². The molecule has 0 radical (unpaired) electrons. The molecule has 92 valence electrons. The maximum Gasteiger partial charge on any atom is 0.307 e. The van der Waals surface area contributed by atoms with Gasteiger partial charge in [-0.1, -0.05) is 0 Å². The van der Waals surface area contributed by atoms with Crippen molar-refractivity contribution in [1.29, 1.82) is 0 Å². The molecule has 3 saturated carbocycles. The molecule has 0 aromatic carbocycles. The summed E-state index contributed by atoms with van der Waals surface area (Å²) in [6, 6.07) is 0. The molecule has 4 rings (SSSR count). The third kappa shape index (κ3) is 1.04. The molecule has 2 N–H and O–H groups in total. The van der Waals surface area contributed by atoms with E-state index in [0.717, 1.165) is 12.8 Å². The number of hydrogen-bond donors (Lipinski definition) is 2. The molecule has 0 spiro atoms. The summed E-state index contributed by atoms with van der Waals surface area (Å²) in [7, 11) is 0. The van der Waals surface area contributed by atoms with Gasteiger partial charge in [0.05, 0.1) is 24.0 Å². The fraction of sp³-hybridized carbons (Fsp3) is 0.833. The van der Waals surface area contributed by atoms with Crippen molar-refractivity contribution in [3.05, 3.63) is 0 Å². The zero-order chi connectivity index (χ0) is 11.9. The molecule has 8 atom stereocenters. The van der Waals surface area contributed by atoms with Gasteiger partial charge in [0.15, 0.2) is 0 Å². The zero-order valence-corrected chi connectivity index (χ0v) is 9.15. The molecule has 2 bridgehead atoms. The average Bonchev–Trinajstić information content (AvgIpc) is 2.69. The number of epoxide rings is 1. The van der Waals surface area contributed by atoms with E-state index >= 15 is 0 Å². The predicted molar refractivity (Wildman–Crippen MR) is 54.1 cm³/mol. The largest absolute Gasteiger partial charge is 0.481 e. The van der Waals surface area contributed by atoms with Crippen LogP contribution in [0, 0.1) is 35.5 Å². The Morgan fingerprint density at radius 1 is 0.941 bits per heavy atom. The molecular weight excluding hydrogens is 224 g/mol. The molecule has 4 aliphatic rings. The average molecular weight is 238 g/mol. The van der Waals surface area contributed by atoms with Gasteiger partial charge in [-0.25, -0.2) is 0 Å². The minimum atomic E-state index is -0.938. The number of carbonyl (C=O) groups is 2. The predicted octanol–water partition coefficient (Wildman–Crippen LogP) is 0.441. The first kappa shape index (κ1) is 9.88. The first-order valence-electron chi connectivity index (χ1n) is 6.20. The number of fused-ring (bicyclic) bond motifs is 7. The van der Waals surface area contributed by atoms with Crippen LogP contribution in [0.15, 0.2) is 0 Å². The lowest BCUT2D eigenvalue weighted by atomic mass is 9.69. The van der Waals surface area contributed by atoms with Gasteiger partial charge in [0, 0.05) is 0 Å². The highest BCUT2D eigenvalue weighted by Crippen LogP contribution is 2.67. The molecule has 6 unspecified atom stereocenters. The second kappa shape index (κ2) is 2.83. The number of carboxylic acid groups (broad SMARTS) is 2. The highest BCUT2D eigenvalue weighted by atomic mass is 16.6. The summed E-state index contributed by atoms with van der Waals surface area (Å²) in [6.45, 7) is 0. The highest BCUT2D eigenvalue weighted by molar-refractivity contribution is 5.82. The normalized spacial score (nSPS) is 57.6. The van der Waals surface area contributed by atoms with Crippen LogP contribution in [0.1, 0.15) is 12.8 Å². The molecule has 1 heterocycles. The summed E-state index contributed by atoms with van der Waals surface area (Å²) in [5, 5.41) is 18.5. The van der Waals surface area contributed by atoms with Crippen LogP contribution in [0.2, 0.25) is 0 Å². The van der Waals surface area contributed by atoms with Gasteiger partial charge in [-0.2, -0.15) is 0 Å². The SMILES string of the molecule is O=C(O)[C@@H]1C2CC(C3CC4OC4C32)[C@@H]1C(=O)O. The van der Waals surface area contributed by atoms with E-state index in [4.69, 9.17) is 4.74 Å². The van der Waals surface area contributed by atoms with E-state index in [1.165, 1.54) is 0 Å². The van der Waals surface area contributed by atoms with E-state index in [0.29, 0.717) is 17.9 Å². The molecule has 1 aliphatic heterocycles. The molecule has 3 aliphatic carbocycles. The van der Waals surface area contributed by atoms with Gasteiger partial charge >= 0.3 is 11.9 Å². The summed E-state index contributed by atoms with van der Waals surface area (Å²) in [5.74, 6) is -2.40. The van der Waals surface area contributed by atoms with Gasteiger partial charge < -0.3 is 14.9 Å². The van der Waals surface area contributed by atoms with Crippen molar-refractivity contribution >= 4 is 11.9 Å². The molecule has 5 nitrogen and oxygen atoms in total. The molecule has 0 aromatic rings. The minimum absolute atomic E-state index is 0.0288. The summed E-state index contributed by atoms with van der Waals surface area (Å²) in [4.78, 5) is 22.6. The third-order valence-electron chi connectivity index (χ3n) is 5.47. The minimum Gasteiger partial charge on any atom is -0.481 e. The van der Waals surface area contributed by atoms with Crippen molar-refractivity contribution < 1.29 is 24.5 Å². The summed E-state index contributed by atoms with van der Waals surface area (Å²) >= 11 is 0. The van der Waals surface area contributed by atoms with Crippen molar-refractivity contribution in [2.24, 2.45) is 35.5 Å². The Bertz CT molecular complexity index is 419. The molecular formula is C12H14O5.